The number of aryl methyl sites for hydroxylation is 2. The number of likely N-dealkylation sites (N-methyl/N-ethyl adjacent to an activating group) is 1. The lowest BCUT2D eigenvalue weighted by Gasteiger charge is -2.17. The molecule has 29 heavy (non-hydrogen) atoms. The zero-order valence-corrected chi connectivity index (χ0v) is 17.7. The van der Waals surface area contributed by atoms with E-state index in [9.17, 15) is 9.59 Å². The van der Waals surface area contributed by atoms with Gasteiger partial charge in [-0.1, -0.05) is 26.0 Å². The quantitative estimate of drug-likeness (QED) is 0.513. The highest BCUT2D eigenvalue weighted by atomic mass is 16.2. The van der Waals surface area contributed by atoms with Crippen LogP contribution in [-0.2, 0) is 11.2 Å². The summed E-state index contributed by atoms with van der Waals surface area (Å²) in [4.78, 5) is 32.6. The molecule has 2 atom stereocenters. The van der Waals surface area contributed by atoms with Crippen LogP contribution < -0.4 is 21.7 Å². The highest BCUT2D eigenvalue weighted by Gasteiger charge is 2.16. The lowest BCUT2D eigenvalue weighted by molar-refractivity contribution is -0.122. The Morgan fingerprint density at radius 2 is 1.93 bits per heavy atom. The van der Waals surface area contributed by atoms with E-state index in [0.29, 0.717) is 18.8 Å². The van der Waals surface area contributed by atoms with Gasteiger partial charge in [0.15, 0.2) is 11.5 Å². The molecule has 8 heteroatoms. The monoisotopic (exact) mass is 398 g/mol. The van der Waals surface area contributed by atoms with Gasteiger partial charge in [0.2, 0.25) is 5.91 Å². The number of hydrogen-bond donors (Lipinski definition) is 4. The standard InChI is InChI=1S/C21H30N6O2/c1-6-17-13(3)25-20(18(27-17)19(22)28)26-16-9-7-8-15(10-16)12(2)11-24-21(29)14(4)23-5/h7-10,12,14,23H,6,11H2,1-5H3,(H2,22,28)(H,24,29)(H,25,26)/t12-,14-/m0/s1. The molecule has 0 bridgehead atoms. The van der Waals surface area contributed by atoms with E-state index < -0.39 is 5.91 Å². The largest absolute Gasteiger partial charge is 0.364 e. The van der Waals surface area contributed by atoms with Crippen LogP contribution in [0.1, 0.15) is 54.1 Å². The molecule has 1 heterocycles. The van der Waals surface area contributed by atoms with E-state index in [1.165, 1.54) is 0 Å². The SMILES string of the molecule is CCc1nc(C(N)=O)c(Nc2cccc([C@@H](C)CNC(=O)[C@H](C)NC)c2)nc1C. The lowest BCUT2D eigenvalue weighted by Crippen LogP contribution is -2.41. The van der Waals surface area contributed by atoms with Gasteiger partial charge < -0.3 is 21.7 Å². The third kappa shape index (κ3) is 5.74. The van der Waals surface area contributed by atoms with Crippen molar-refractivity contribution < 1.29 is 9.59 Å². The van der Waals surface area contributed by atoms with Crippen molar-refractivity contribution in [3.63, 3.8) is 0 Å². The van der Waals surface area contributed by atoms with Crippen LogP contribution in [0.4, 0.5) is 11.5 Å². The van der Waals surface area contributed by atoms with Crippen LogP contribution in [0, 0.1) is 6.92 Å². The molecular formula is C21H30N6O2. The van der Waals surface area contributed by atoms with Crippen molar-refractivity contribution in [1.29, 1.82) is 0 Å². The van der Waals surface area contributed by atoms with Crippen LogP contribution in [0.2, 0.25) is 0 Å². The molecule has 0 aliphatic carbocycles. The molecule has 0 spiro atoms. The Hall–Kier alpha value is -3.00. The molecule has 0 aliphatic rings. The number of benzene rings is 1. The topological polar surface area (TPSA) is 122 Å². The second kappa shape index (κ2) is 9.97. The number of aromatic nitrogens is 2. The first-order valence-electron chi connectivity index (χ1n) is 9.76. The van der Waals surface area contributed by atoms with E-state index in [0.717, 1.165) is 22.6 Å². The average molecular weight is 399 g/mol. The number of hydrogen-bond acceptors (Lipinski definition) is 6. The Morgan fingerprint density at radius 1 is 1.21 bits per heavy atom. The third-order valence-electron chi connectivity index (χ3n) is 4.86. The molecule has 0 saturated heterocycles. The van der Waals surface area contributed by atoms with Gasteiger partial charge in [-0.2, -0.15) is 0 Å². The average Bonchev–Trinajstić information content (AvgIpc) is 2.71. The van der Waals surface area contributed by atoms with Gasteiger partial charge in [-0.25, -0.2) is 9.97 Å². The van der Waals surface area contributed by atoms with Gasteiger partial charge in [0, 0.05) is 12.2 Å². The van der Waals surface area contributed by atoms with Crippen molar-refractivity contribution in [3.8, 4) is 0 Å². The zero-order chi connectivity index (χ0) is 21.6. The van der Waals surface area contributed by atoms with Gasteiger partial charge in [0.05, 0.1) is 17.4 Å². The van der Waals surface area contributed by atoms with Crippen molar-refractivity contribution in [2.24, 2.45) is 5.73 Å². The lowest BCUT2D eigenvalue weighted by atomic mass is 10.0. The molecule has 0 radical (unpaired) electrons. The Balaban J connectivity index is 2.19. The van der Waals surface area contributed by atoms with Gasteiger partial charge in [0.1, 0.15) is 0 Å². The van der Waals surface area contributed by atoms with E-state index in [2.05, 4.69) is 25.9 Å². The van der Waals surface area contributed by atoms with E-state index >= 15 is 0 Å². The van der Waals surface area contributed by atoms with Gasteiger partial charge in [-0.05, 0) is 50.9 Å². The Morgan fingerprint density at radius 3 is 2.55 bits per heavy atom. The van der Waals surface area contributed by atoms with Gasteiger partial charge in [0.25, 0.3) is 5.91 Å². The summed E-state index contributed by atoms with van der Waals surface area (Å²) < 4.78 is 0. The highest BCUT2D eigenvalue weighted by molar-refractivity contribution is 5.96. The van der Waals surface area contributed by atoms with Crippen LogP contribution >= 0.6 is 0 Å². The molecular weight excluding hydrogens is 368 g/mol. The normalized spacial score (nSPS) is 12.9. The van der Waals surface area contributed by atoms with Crippen LogP contribution in [0.25, 0.3) is 0 Å². The summed E-state index contributed by atoms with van der Waals surface area (Å²) in [5, 5.41) is 9.02. The van der Waals surface area contributed by atoms with Crippen molar-refractivity contribution in [1.82, 2.24) is 20.6 Å². The predicted octanol–water partition coefficient (Wildman–Crippen LogP) is 2.02. The number of amides is 2. The summed E-state index contributed by atoms with van der Waals surface area (Å²) in [7, 11) is 1.75. The Bertz CT molecular complexity index is 883. The smallest absolute Gasteiger partial charge is 0.271 e. The number of carbonyl (C=O) groups is 2. The zero-order valence-electron chi connectivity index (χ0n) is 17.7. The van der Waals surface area contributed by atoms with Gasteiger partial charge in [-0.15, -0.1) is 0 Å². The van der Waals surface area contributed by atoms with Crippen LogP contribution in [0.3, 0.4) is 0 Å². The fraction of sp³-hybridized carbons (Fsp3) is 0.429. The second-order valence-electron chi connectivity index (χ2n) is 7.08. The summed E-state index contributed by atoms with van der Waals surface area (Å²) in [5.74, 6) is -0.217. The molecule has 2 aromatic rings. The molecule has 1 aromatic heterocycles. The number of anilines is 2. The number of nitrogens with zero attached hydrogens (tertiary/aromatic N) is 2. The molecule has 0 aliphatic heterocycles. The molecule has 2 rings (SSSR count). The molecule has 0 saturated carbocycles. The first kappa shape index (κ1) is 22.3. The van der Waals surface area contributed by atoms with E-state index in [4.69, 9.17) is 5.73 Å². The molecule has 0 unspecified atom stereocenters. The molecule has 156 valence electrons. The van der Waals surface area contributed by atoms with E-state index in [1.54, 1.807) is 7.05 Å². The maximum Gasteiger partial charge on any atom is 0.271 e. The molecule has 1 aromatic carbocycles. The maximum atomic E-state index is 12.0. The summed E-state index contributed by atoms with van der Waals surface area (Å²) in [6.45, 7) is 8.18. The minimum atomic E-state index is -0.624. The Kier molecular flexibility index (Phi) is 7.67. The van der Waals surface area contributed by atoms with Crippen LogP contribution in [0.5, 0.6) is 0 Å². The minimum Gasteiger partial charge on any atom is -0.364 e. The van der Waals surface area contributed by atoms with E-state index in [1.807, 2.05) is 52.0 Å². The first-order valence-corrected chi connectivity index (χ1v) is 9.76. The van der Waals surface area contributed by atoms with Crippen LogP contribution in [0.15, 0.2) is 24.3 Å². The fourth-order valence-electron chi connectivity index (χ4n) is 2.86. The predicted molar refractivity (Wildman–Crippen MR) is 114 cm³/mol. The highest BCUT2D eigenvalue weighted by Crippen LogP contribution is 2.23. The third-order valence-corrected chi connectivity index (χ3v) is 4.86. The summed E-state index contributed by atoms with van der Waals surface area (Å²) in [5.41, 5.74) is 8.94. The number of nitrogens with one attached hydrogen (secondary N) is 3. The summed E-state index contributed by atoms with van der Waals surface area (Å²) in [6.07, 6.45) is 0.671. The van der Waals surface area contributed by atoms with Gasteiger partial charge >= 0.3 is 0 Å². The van der Waals surface area contributed by atoms with Crippen molar-refractivity contribution >= 4 is 23.3 Å². The molecule has 2 amide bonds. The number of nitrogens with two attached hydrogens (primary N) is 1. The minimum absolute atomic E-state index is 0.0403. The van der Waals surface area contributed by atoms with Crippen LogP contribution in [-0.4, -0.2) is 41.4 Å². The number of rotatable bonds is 9. The second-order valence-corrected chi connectivity index (χ2v) is 7.08. The van der Waals surface area contributed by atoms with Crippen molar-refractivity contribution in [2.45, 2.75) is 46.1 Å². The van der Waals surface area contributed by atoms with Crippen molar-refractivity contribution in [3.05, 3.63) is 46.9 Å². The van der Waals surface area contributed by atoms with E-state index in [-0.39, 0.29) is 23.6 Å². The first-order chi connectivity index (χ1) is 13.8. The number of primary amides is 1. The number of carbonyl (C=O) groups excluding carboxylic acids is 2. The molecule has 5 N–H and O–H groups in total. The Labute approximate surface area is 171 Å². The van der Waals surface area contributed by atoms with Crippen molar-refractivity contribution in [2.75, 3.05) is 18.9 Å². The summed E-state index contributed by atoms with van der Waals surface area (Å²) in [6, 6.07) is 7.52. The molecule has 0 fully saturated rings. The fourth-order valence-corrected chi connectivity index (χ4v) is 2.86. The summed E-state index contributed by atoms with van der Waals surface area (Å²) >= 11 is 0. The van der Waals surface area contributed by atoms with Gasteiger partial charge in [-0.3, -0.25) is 9.59 Å². The molecule has 8 nitrogen and oxygen atoms in total. The maximum absolute atomic E-state index is 12.0.